The van der Waals surface area contributed by atoms with Gasteiger partial charge in [0.1, 0.15) is 25.0 Å². The zero-order valence-electron chi connectivity index (χ0n) is 18.4. The van der Waals surface area contributed by atoms with Crippen LogP contribution in [0.5, 0.6) is 5.75 Å². The molecule has 0 radical (unpaired) electrons. The quantitative estimate of drug-likeness (QED) is 0.231. The van der Waals surface area contributed by atoms with Gasteiger partial charge >= 0.3 is 0 Å². The Morgan fingerprint density at radius 2 is 1.97 bits per heavy atom. The third-order valence-corrected chi connectivity index (χ3v) is 4.66. The number of hydrogen-bond donors (Lipinski definition) is 3. The van der Waals surface area contributed by atoms with Crippen molar-refractivity contribution in [2.24, 2.45) is 4.99 Å². The number of rotatable bonds is 11. The van der Waals surface area contributed by atoms with E-state index in [0.29, 0.717) is 25.0 Å². The Labute approximate surface area is 196 Å². The summed E-state index contributed by atoms with van der Waals surface area (Å²) in [6.07, 6.45) is 1.42. The van der Waals surface area contributed by atoms with E-state index in [0.717, 1.165) is 42.2 Å². The summed E-state index contributed by atoms with van der Waals surface area (Å²) in [5.41, 5.74) is 2.11. The standard InChI is InChI=1S/C22H34N4O3.HI/c1-5-17(6-2)21-12-20(29-26-21)14-25-22(23-7-3)24-13-18(27)15-28-19-10-8-9-16(4)11-19;/h8-12,17-18,27H,5-7,13-15H2,1-4H3,(H2,23,24,25);1H. The molecule has 0 aliphatic carbocycles. The van der Waals surface area contributed by atoms with Crippen molar-refractivity contribution in [1.82, 2.24) is 15.8 Å². The van der Waals surface area contributed by atoms with E-state index in [9.17, 15) is 5.11 Å². The lowest BCUT2D eigenvalue weighted by atomic mass is 9.99. The summed E-state index contributed by atoms with van der Waals surface area (Å²) in [6.45, 7) is 9.95. The lowest BCUT2D eigenvalue weighted by molar-refractivity contribution is 0.110. The molecular formula is C22H35IN4O3. The van der Waals surface area contributed by atoms with Crippen molar-refractivity contribution in [2.75, 3.05) is 19.7 Å². The number of aliphatic hydroxyl groups excluding tert-OH is 1. The Bertz CT molecular complexity index is 762. The second-order valence-electron chi connectivity index (χ2n) is 7.09. The van der Waals surface area contributed by atoms with E-state index in [1.807, 2.05) is 44.2 Å². The number of aromatic nitrogens is 1. The van der Waals surface area contributed by atoms with Crippen molar-refractivity contribution < 1.29 is 14.4 Å². The first kappa shape index (κ1) is 26.2. The van der Waals surface area contributed by atoms with Crippen LogP contribution in [0.2, 0.25) is 0 Å². The monoisotopic (exact) mass is 530 g/mol. The van der Waals surface area contributed by atoms with E-state index in [4.69, 9.17) is 9.26 Å². The molecule has 168 valence electrons. The van der Waals surface area contributed by atoms with E-state index >= 15 is 0 Å². The molecule has 0 amide bonds. The number of halogens is 1. The predicted molar refractivity (Wildman–Crippen MR) is 131 cm³/mol. The van der Waals surface area contributed by atoms with Gasteiger partial charge in [0.2, 0.25) is 0 Å². The van der Waals surface area contributed by atoms with Gasteiger partial charge in [-0.25, -0.2) is 4.99 Å². The first-order valence-electron chi connectivity index (χ1n) is 10.4. The normalized spacial score (nSPS) is 12.4. The maximum Gasteiger partial charge on any atom is 0.191 e. The van der Waals surface area contributed by atoms with E-state index in [-0.39, 0.29) is 30.6 Å². The molecule has 8 heteroatoms. The molecule has 30 heavy (non-hydrogen) atoms. The molecule has 1 heterocycles. The summed E-state index contributed by atoms with van der Waals surface area (Å²) in [4.78, 5) is 4.52. The van der Waals surface area contributed by atoms with Crippen molar-refractivity contribution in [3.63, 3.8) is 0 Å². The fraction of sp³-hybridized carbons (Fsp3) is 0.545. The average molecular weight is 530 g/mol. The Morgan fingerprint density at radius 1 is 1.20 bits per heavy atom. The maximum atomic E-state index is 10.2. The molecule has 0 bridgehead atoms. The molecule has 0 spiro atoms. The highest BCUT2D eigenvalue weighted by atomic mass is 127. The minimum absolute atomic E-state index is 0. The third kappa shape index (κ3) is 8.91. The number of ether oxygens (including phenoxy) is 1. The number of aryl methyl sites for hydroxylation is 1. The van der Waals surface area contributed by atoms with E-state index in [1.54, 1.807) is 0 Å². The van der Waals surface area contributed by atoms with Crippen LogP contribution in [0.3, 0.4) is 0 Å². The molecule has 0 fully saturated rings. The third-order valence-electron chi connectivity index (χ3n) is 4.66. The van der Waals surface area contributed by atoms with Gasteiger partial charge in [0.15, 0.2) is 11.7 Å². The van der Waals surface area contributed by atoms with Crippen molar-refractivity contribution in [3.05, 3.63) is 47.3 Å². The summed E-state index contributed by atoms with van der Waals surface area (Å²) in [6, 6.07) is 9.75. The van der Waals surface area contributed by atoms with Gasteiger partial charge in [0.05, 0.1) is 5.69 Å². The number of nitrogens with one attached hydrogen (secondary N) is 2. The van der Waals surface area contributed by atoms with Gasteiger partial charge in [-0.3, -0.25) is 0 Å². The van der Waals surface area contributed by atoms with Gasteiger partial charge in [-0.05, 0) is 44.4 Å². The Kier molecular flexibility index (Phi) is 12.4. The van der Waals surface area contributed by atoms with Gasteiger partial charge in [-0.2, -0.15) is 0 Å². The smallest absolute Gasteiger partial charge is 0.191 e. The molecular weight excluding hydrogens is 495 g/mol. The van der Waals surface area contributed by atoms with Gasteiger partial charge in [0, 0.05) is 25.1 Å². The molecule has 1 unspecified atom stereocenters. The molecule has 7 nitrogen and oxygen atoms in total. The molecule has 1 aromatic carbocycles. The minimum atomic E-state index is -0.661. The lowest BCUT2D eigenvalue weighted by Gasteiger charge is -2.16. The molecule has 0 saturated carbocycles. The Morgan fingerprint density at radius 3 is 2.63 bits per heavy atom. The van der Waals surface area contributed by atoms with Crippen molar-refractivity contribution in [1.29, 1.82) is 0 Å². The summed E-state index contributed by atoms with van der Waals surface area (Å²) in [5.74, 6) is 2.52. The van der Waals surface area contributed by atoms with Crippen LogP contribution in [-0.4, -0.2) is 42.0 Å². The van der Waals surface area contributed by atoms with Crippen LogP contribution in [-0.2, 0) is 6.54 Å². The highest BCUT2D eigenvalue weighted by molar-refractivity contribution is 14.0. The van der Waals surface area contributed by atoms with E-state index in [1.165, 1.54) is 0 Å². The summed E-state index contributed by atoms with van der Waals surface area (Å²) >= 11 is 0. The molecule has 0 aliphatic rings. The van der Waals surface area contributed by atoms with Crippen molar-refractivity contribution >= 4 is 29.9 Å². The zero-order chi connectivity index (χ0) is 21.1. The van der Waals surface area contributed by atoms with Crippen molar-refractivity contribution in [2.45, 2.75) is 59.1 Å². The second-order valence-corrected chi connectivity index (χ2v) is 7.09. The van der Waals surface area contributed by atoms with E-state index < -0.39 is 6.10 Å². The number of guanidine groups is 1. The van der Waals surface area contributed by atoms with Gasteiger partial charge < -0.3 is 25.0 Å². The summed E-state index contributed by atoms with van der Waals surface area (Å²) in [5, 5.41) is 20.7. The van der Waals surface area contributed by atoms with Crippen LogP contribution < -0.4 is 15.4 Å². The van der Waals surface area contributed by atoms with Gasteiger partial charge in [0.25, 0.3) is 0 Å². The number of aliphatic hydroxyl groups is 1. The van der Waals surface area contributed by atoms with E-state index in [2.05, 4.69) is 34.6 Å². The first-order chi connectivity index (χ1) is 14.0. The highest BCUT2D eigenvalue weighted by Crippen LogP contribution is 2.22. The number of nitrogens with zero attached hydrogens (tertiary/aromatic N) is 2. The van der Waals surface area contributed by atoms with Gasteiger partial charge in [-0.15, -0.1) is 24.0 Å². The predicted octanol–water partition coefficient (Wildman–Crippen LogP) is 4.00. The molecule has 3 N–H and O–H groups in total. The average Bonchev–Trinajstić information content (AvgIpc) is 3.18. The van der Waals surface area contributed by atoms with Crippen LogP contribution in [0.4, 0.5) is 0 Å². The highest BCUT2D eigenvalue weighted by Gasteiger charge is 2.13. The Balaban J connectivity index is 0.00000450. The number of hydrogen-bond acceptors (Lipinski definition) is 5. The largest absolute Gasteiger partial charge is 0.491 e. The van der Waals surface area contributed by atoms with Crippen LogP contribution in [0.15, 0.2) is 39.8 Å². The summed E-state index contributed by atoms with van der Waals surface area (Å²) in [7, 11) is 0. The fourth-order valence-electron chi connectivity index (χ4n) is 2.97. The van der Waals surface area contributed by atoms with Crippen LogP contribution in [0.1, 0.15) is 56.5 Å². The van der Waals surface area contributed by atoms with Crippen molar-refractivity contribution in [3.8, 4) is 5.75 Å². The van der Waals surface area contributed by atoms with Crippen LogP contribution in [0.25, 0.3) is 0 Å². The Hall–Kier alpha value is -1.81. The molecule has 1 atom stereocenters. The second kappa shape index (κ2) is 14.2. The molecule has 0 saturated heterocycles. The van der Waals surface area contributed by atoms with Crippen LogP contribution in [0, 0.1) is 6.92 Å². The fourth-order valence-corrected chi connectivity index (χ4v) is 2.97. The number of aliphatic imine (C=N–C) groups is 1. The maximum absolute atomic E-state index is 10.2. The number of benzene rings is 1. The molecule has 2 aromatic rings. The SMILES string of the molecule is CCNC(=NCc1cc(C(CC)CC)no1)NCC(O)COc1cccc(C)c1.I. The van der Waals surface area contributed by atoms with Crippen LogP contribution >= 0.6 is 24.0 Å². The van der Waals surface area contributed by atoms with Gasteiger partial charge in [-0.1, -0.05) is 31.1 Å². The molecule has 1 aromatic heterocycles. The molecule has 2 rings (SSSR count). The summed E-state index contributed by atoms with van der Waals surface area (Å²) < 4.78 is 11.1. The minimum Gasteiger partial charge on any atom is -0.491 e. The topological polar surface area (TPSA) is 91.9 Å². The zero-order valence-corrected chi connectivity index (χ0v) is 20.7. The lowest BCUT2D eigenvalue weighted by Crippen LogP contribution is -2.42. The first-order valence-corrected chi connectivity index (χ1v) is 10.4. The molecule has 0 aliphatic heterocycles.